The fourth-order valence-electron chi connectivity index (χ4n) is 3.98. The van der Waals surface area contributed by atoms with Crippen LogP contribution in [0.5, 0.6) is 0 Å². The van der Waals surface area contributed by atoms with E-state index in [1.54, 1.807) is 6.20 Å². The van der Waals surface area contributed by atoms with E-state index in [2.05, 4.69) is 34.1 Å². The predicted octanol–water partition coefficient (Wildman–Crippen LogP) is 3.69. The molecule has 0 unspecified atom stereocenters. The Morgan fingerprint density at radius 2 is 2.00 bits per heavy atom. The summed E-state index contributed by atoms with van der Waals surface area (Å²) in [6.07, 6.45) is 4.79. The fraction of sp³-hybridized carbons (Fsp3) is 0.304. The van der Waals surface area contributed by atoms with Gasteiger partial charge in [0.1, 0.15) is 5.82 Å². The lowest BCUT2D eigenvalue weighted by Gasteiger charge is -2.23. The Hall–Kier alpha value is -3.08. The molecule has 0 radical (unpaired) electrons. The third-order valence-corrected chi connectivity index (χ3v) is 5.47. The molecule has 3 aromatic rings. The second-order valence-corrected chi connectivity index (χ2v) is 7.56. The molecule has 0 bridgehead atoms. The Morgan fingerprint density at radius 3 is 2.75 bits per heavy atom. The van der Waals surface area contributed by atoms with Gasteiger partial charge in [-0.2, -0.15) is 0 Å². The molecule has 4 rings (SSSR count). The predicted molar refractivity (Wildman–Crippen MR) is 112 cm³/mol. The molecule has 0 N–H and O–H groups in total. The zero-order valence-corrected chi connectivity index (χ0v) is 16.5. The van der Waals surface area contributed by atoms with Gasteiger partial charge in [-0.15, -0.1) is 0 Å². The average Bonchev–Trinajstić information content (AvgIpc) is 3.37. The van der Waals surface area contributed by atoms with Crippen LogP contribution in [-0.4, -0.2) is 47.0 Å². The number of aryl methyl sites for hydroxylation is 1. The van der Waals surface area contributed by atoms with E-state index in [9.17, 15) is 4.79 Å². The van der Waals surface area contributed by atoms with E-state index in [4.69, 9.17) is 0 Å². The molecular weight excluding hydrogens is 348 g/mol. The molecule has 5 nitrogen and oxygen atoms in total. The number of benzene rings is 2. The summed E-state index contributed by atoms with van der Waals surface area (Å²) in [7, 11) is 3.86. The van der Waals surface area contributed by atoms with E-state index in [1.807, 2.05) is 60.1 Å². The summed E-state index contributed by atoms with van der Waals surface area (Å²) in [6, 6.07) is 18.2. The smallest absolute Gasteiger partial charge is 0.253 e. The van der Waals surface area contributed by atoms with Gasteiger partial charge in [0.05, 0.1) is 0 Å². The molecular formula is C23H26N4O. The van der Waals surface area contributed by atoms with Crippen LogP contribution >= 0.6 is 0 Å². The molecule has 1 atom stereocenters. The van der Waals surface area contributed by atoms with Crippen molar-refractivity contribution >= 4 is 11.6 Å². The van der Waals surface area contributed by atoms with Crippen LogP contribution in [0.15, 0.2) is 67.0 Å². The number of carbonyl (C=O) groups is 1. The van der Waals surface area contributed by atoms with Gasteiger partial charge in [0.15, 0.2) is 0 Å². The second kappa shape index (κ2) is 7.89. The molecule has 0 spiro atoms. The van der Waals surface area contributed by atoms with Gasteiger partial charge in [-0.3, -0.25) is 4.79 Å². The fourth-order valence-corrected chi connectivity index (χ4v) is 3.98. The number of nitrogens with zero attached hydrogens (tertiary/aromatic N) is 4. The van der Waals surface area contributed by atoms with Crippen LogP contribution in [0.2, 0.25) is 0 Å². The van der Waals surface area contributed by atoms with Gasteiger partial charge in [-0.1, -0.05) is 30.3 Å². The maximum Gasteiger partial charge on any atom is 0.253 e. The number of hydrogen-bond donors (Lipinski definition) is 0. The van der Waals surface area contributed by atoms with Crippen molar-refractivity contribution in [1.29, 1.82) is 0 Å². The van der Waals surface area contributed by atoms with Crippen LogP contribution in [-0.2, 0) is 7.05 Å². The standard InChI is InChI=1S/C23H26N4O/c1-25-14-12-24-22(25)19-7-6-8-20(15-19)23(28)26(2)16-18-11-13-27(17-18)21-9-4-3-5-10-21/h3-10,12,14-15,18H,11,13,16-17H2,1-2H3/t18-/m0/s1. The van der Waals surface area contributed by atoms with Crippen LogP contribution in [0.25, 0.3) is 11.4 Å². The Morgan fingerprint density at radius 1 is 1.18 bits per heavy atom. The second-order valence-electron chi connectivity index (χ2n) is 7.56. The van der Waals surface area contributed by atoms with Crippen LogP contribution < -0.4 is 4.90 Å². The SMILES string of the molecule is CN(C[C@@H]1CCN(c2ccccc2)C1)C(=O)c1cccc(-c2nccn2C)c1. The first-order valence-electron chi connectivity index (χ1n) is 9.75. The van der Waals surface area contributed by atoms with Crippen molar-refractivity contribution in [2.75, 3.05) is 31.6 Å². The lowest BCUT2D eigenvalue weighted by atomic mass is 10.1. The van der Waals surface area contributed by atoms with E-state index in [0.29, 0.717) is 11.5 Å². The molecule has 5 heteroatoms. The lowest BCUT2D eigenvalue weighted by Crippen LogP contribution is -2.33. The first-order chi connectivity index (χ1) is 13.6. The van der Waals surface area contributed by atoms with Crippen LogP contribution in [0.3, 0.4) is 0 Å². The molecule has 28 heavy (non-hydrogen) atoms. The molecule has 0 aliphatic carbocycles. The molecule has 1 fully saturated rings. The first-order valence-corrected chi connectivity index (χ1v) is 9.75. The highest BCUT2D eigenvalue weighted by Crippen LogP contribution is 2.25. The number of rotatable bonds is 5. The van der Waals surface area contributed by atoms with Crippen molar-refractivity contribution in [2.45, 2.75) is 6.42 Å². The maximum absolute atomic E-state index is 13.0. The Balaban J connectivity index is 1.41. The number of imidazole rings is 1. The Bertz CT molecular complexity index is 950. The number of aromatic nitrogens is 2. The number of hydrogen-bond acceptors (Lipinski definition) is 3. The van der Waals surface area contributed by atoms with Crippen molar-refractivity contribution in [2.24, 2.45) is 13.0 Å². The summed E-state index contributed by atoms with van der Waals surface area (Å²) in [5, 5.41) is 0. The van der Waals surface area contributed by atoms with E-state index in [0.717, 1.165) is 37.4 Å². The minimum Gasteiger partial charge on any atom is -0.371 e. The first kappa shape index (κ1) is 18.3. The summed E-state index contributed by atoms with van der Waals surface area (Å²) in [4.78, 5) is 21.6. The zero-order valence-electron chi connectivity index (χ0n) is 16.5. The average molecular weight is 374 g/mol. The minimum absolute atomic E-state index is 0.0641. The molecule has 2 aromatic carbocycles. The topological polar surface area (TPSA) is 41.4 Å². The Kier molecular flexibility index (Phi) is 5.15. The molecule has 1 saturated heterocycles. The molecule has 144 valence electrons. The summed E-state index contributed by atoms with van der Waals surface area (Å²) in [5.74, 6) is 1.42. The molecule has 1 amide bonds. The van der Waals surface area contributed by atoms with E-state index >= 15 is 0 Å². The van der Waals surface area contributed by atoms with Gasteiger partial charge in [0.25, 0.3) is 5.91 Å². The normalized spacial score (nSPS) is 16.4. The summed E-state index contributed by atoms with van der Waals surface area (Å²) in [6.45, 7) is 2.81. The minimum atomic E-state index is 0.0641. The van der Waals surface area contributed by atoms with Crippen LogP contribution in [0.4, 0.5) is 5.69 Å². The lowest BCUT2D eigenvalue weighted by molar-refractivity contribution is 0.0776. The van der Waals surface area contributed by atoms with Crippen molar-refractivity contribution in [3.8, 4) is 11.4 Å². The number of anilines is 1. The van der Waals surface area contributed by atoms with E-state index < -0.39 is 0 Å². The van der Waals surface area contributed by atoms with Gasteiger partial charge < -0.3 is 14.4 Å². The third-order valence-electron chi connectivity index (χ3n) is 5.47. The monoisotopic (exact) mass is 374 g/mol. The quantitative estimate of drug-likeness (QED) is 0.684. The summed E-state index contributed by atoms with van der Waals surface area (Å²) in [5.41, 5.74) is 2.94. The molecule has 0 saturated carbocycles. The van der Waals surface area contributed by atoms with Crippen LogP contribution in [0, 0.1) is 5.92 Å². The maximum atomic E-state index is 13.0. The number of amides is 1. The van der Waals surface area contributed by atoms with Crippen molar-refractivity contribution < 1.29 is 4.79 Å². The van der Waals surface area contributed by atoms with Crippen molar-refractivity contribution in [3.63, 3.8) is 0 Å². The zero-order chi connectivity index (χ0) is 19.5. The highest BCUT2D eigenvalue weighted by Gasteiger charge is 2.25. The van der Waals surface area contributed by atoms with Crippen molar-refractivity contribution in [1.82, 2.24) is 14.5 Å². The van der Waals surface area contributed by atoms with E-state index in [1.165, 1.54) is 5.69 Å². The van der Waals surface area contributed by atoms with Gasteiger partial charge in [-0.25, -0.2) is 4.98 Å². The number of para-hydroxylation sites is 1. The summed E-state index contributed by atoms with van der Waals surface area (Å²) < 4.78 is 1.96. The largest absolute Gasteiger partial charge is 0.371 e. The highest BCUT2D eigenvalue weighted by atomic mass is 16.2. The van der Waals surface area contributed by atoms with E-state index in [-0.39, 0.29) is 5.91 Å². The van der Waals surface area contributed by atoms with Gasteiger partial charge in [-0.05, 0) is 36.6 Å². The number of carbonyl (C=O) groups excluding carboxylic acids is 1. The van der Waals surface area contributed by atoms with Gasteiger partial charge >= 0.3 is 0 Å². The van der Waals surface area contributed by atoms with Gasteiger partial charge in [0, 0.05) is 62.9 Å². The Labute approximate surface area is 166 Å². The third kappa shape index (κ3) is 3.79. The van der Waals surface area contributed by atoms with Crippen LogP contribution in [0.1, 0.15) is 16.8 Å². The molecule has 1 aliphatic rings. The van der Waals surface area contributed by atoms with Crippen molar-refractivity contribution in [3.05, 3.63) is 72.6 Å². The molecule has 1 aromatic heterocycles. The highest BCUT2D eigenvalue weighted by molar-refractivity contribution is 5.95. The molecule has 1 aliphatic heterocycles. The molecule has 2 heterocycles. The van der Waals surface area contributed by atoms with Gasteiger partial charge in [0.2, 0.25) is 0 Å². The summed E-state index contributed by atoms with van der Waals surface area (Å²) >= 11 is 0.